The molecular formula is C19H21NO. The third-order valence-electron chi connectivity index (χ3n) is 4.33. The molecule has 3 rings (SSSR count). The Morgan fingerprint density at radius 1 is 1.10 bits per heavy atom. The van der Waals surface area contributed by atoms with Gasteiger partial charge in [0.2, 0.25) is 5.91 Å². The van der Waals surface area contributed by atoms with Crippen LogP contribution in [0.1, 0.15) is 27.8 Å². The van der Waals surface area contributed by atoms with Crippen LogP contribution in [-0.4, -0.2) is 17.4 Å². The molecule has 1 aliphatic heterocycles. The summed E-state index contributed by atoms with van der Waals surface area (Å²) in [6.45, 7) is 5.73. The van der Waals surface area contributed by atoms with Crippen molar-refractivity contribution in [3.05, 3.63) is 70.3 Å². The predicted molar refractivity (Wildman–Crippen MR) is 85.2 cm³/mol. The van der Waals surface area contributed by atoms with E-state index in [4.69, 9.17) is 0 Å². The van der Waals surface area contributed by atoms with E-state index in [1.807, 2.05) is 4.90 Å². The molecule has 2 nitrogen and oxygen atoms in total. The quantitative estimate of drug-likeness (QED) is 0.824. The van der Waals surface area contributed by atoms with Gasteiger partial charge in [-0.1, -0.05) is 48.0 Å². The van der Waals surface area contributed by atoms with Crippen molar-refractivity contribution in [1.29, 1.82) is 0 Å². The van der Waals surface area contributed by atoms with Gasteiger partial charge in [0.25, 0.3) is 0 Å². The molecule has 0 radical (unpaired) electrons. The predicted octanol–water partition coefficient (Wildman–Crippen LogP) is 3.43. The molecule has 2 heteroatoms. The minimum absolute atomic E-state index is 0.234. The minimum atomic E-state index is 0.234. The Morgan fingerprint density at radius 2 is 1.86 bits per heavy atom. The first-order valence-corrected chi connectivity index (χ1v) is 7.54. The van der Waals surface area contributed by atoms with Gasteiger partial charge in [0, 0.05) is 13.1 Å². The highest BCUT2D eigenvalue weighted by Gasteiger charge is 2.20. The minimum Gasteiger partial charge on any atom is -0.338 e. The molecule has 1 heterocycles. The molecule has 0 N–H and O–H groups in total. The number of nitrogens with zero attached hydrogens (tertiary/aromatic N) is 1. The van der Waals surface area contributed by atoms with Gasteiger partial charge in [0.15, 0.2) is 0 Å². The van der Waals surface area contributed by atoms with E-state index in [2.05, 4.69) is 56.3 Å². The lowest BCUT2D eigenvalue weighted by Gasteiger charge is -2.29. The molecule has 2 aromatic carbocycles. The highest BCUT2D eigenvalue weighted by atomic mass is 16.2. The summed E-state index contributed by atoms with van der Waals surface area (Å²) in [5.74, 6) is 0.234. The van der Waals surface area contributed by atoms with Crippen LogP contribution in [0.2, 0.25) is 0 Å². The Bertz CT molecular complexity index is 675. The van der Waals surface area contributed by atoms with Gasteiger partial charge in [-0.3, -0.25) is 4.79 Å². The van der Waals surface area contributed by atoms with E-state index >= 15 is 0 Å². The summed E-state index contributed by atoms with van der Waals surface area (Å²) in [6, 6.07) is 14.8. The number of amides is 1. The number of aryl methyl sites for hydroxylation is 2. The van der Waals surface area contributed by atoms with Crippen LogP contribution in [0.4, 0.5) is 0 Å². The van der Waals surface area contributed by atoms with Crippen molar-refractivity contribution in [1.82, 2.24) is 4.90 Å². The molecule has 0 aromatic heterocycles. The molecule has 1 aliphatic rings. The zero-order chi connectivity index (χ0) is 14.8. The van der Waals surface area contributed by atoms with Crippen LogP contribution in [0.15, 0.2) is 42.5 Å². The van der Waals surface area contributed by atoms with Gasteiger partial charge in [0.05, 0.1) is 6.42 Å². The molecule has 1 amide bonds. The number of hydrogen-bond acceptors (Lipinski definition) is 1. The molecule has 0 fully saturated rings. The van der Waals surface area contributed by atoms with Crippen LogP contribution in [0, 0.1) is 13.8 Å². The fourth-order valence-electron chi connectivity index (χ4n) is 2.97. The van der Waals surface area contributed by atoms with Crippen molar-refractivity contribution >= 4 is 5.91 Å². The van der Waals surface area contributed by atoms with Crippen LogP contribution >= 0.6 is 0 Å². The first-order valence-electron chi connectivity index (χ1n) is 7.54. The molecule has 21 heavy (non-hydrogen) atoms. The second-order valence-electron chi connectivity index (χ2n) is 5.94. The lowest BCUT2D eigenvalue weighted by atomic mass is 9.98. The number of carbonyl (C=O) groups excluding carboxylic acids is 1. The normalized spacial score (nSPS) is 13.9. The van der Waals surface area contributed by atoms with Crippen molar-refractivity contribution in [2.45, 2.75) is 33.2 Å². The Morgan fingerprint density at radius 3 is 2.67 bits per heavy atom. The van der Waals surface area contributed by atoms with Crippen molar-refractivity contribution in [2.24, 2.45) is 0 Å². The smallest absolute Gasteiger partial charge is 0.227 e. The molecule has 0 bridgehead atoms. The summed E-state index contributed by atoms with van der Waals surface area (Å²) in [4.78, 5) is 14.6. The average molecular weight is 279 g/mol. The number of benzene rings is 2. The Balaban J connectivity index is 1.74. The maximum absolute atomic E-state index is 12.6. The van der Waals surface area contributed by atoms with Crippen molar-refractivity contribution < 1.29 is 4.79 Å². The fourth-order valence-corrected chi connectivity index (χ4v) is 2.97. The fraction of sp³-hybridized carbons (Fsp3) is 0.316. The van der Waals surface area contributed by atoms with Gasteiger partial charge in [-0.15, -0.1) is 0 Å². The Kier molecular flexibility index (Phi) is 3.78. The second kappa shape index (κ2) is 5.72. The lowest BCUT2D eigenvalue weighted by molar-refractivity contribution is -0.131. The van der Waals surface area contributed by atoms with Crippen molar-refractivity contribution in [3.63, 3.8) is 0 Å². The number of fused-ring (bicyclic) bond motifs is 1. The SMILES string of the molecule is Cc1ccc(C)c(CC(=O)N2CCc3ccccc3C2)c1. The van der Waals surface area contributed by atoms with Gasteiger partial charge in [-0.05, 0) is 42.5 Å². The van der Waals surface area contributed by atoms with E-state index < -0.39 is 0 Å². The maximum Gasteiger partial charge on any atom is 0.227 e. The standard InChI is InChI=1S/C19H21NO/c1-14-7-8-15(2)18(11-14)12-19(21)20-10-9-16-5-3-4-6-17(16)13-20/h3-8,11H,9-10,12-13H2,1-2H3. The monoisotopic (exact) mass is 279 g/mol. The molecule has 0 atom stereocenters. The number of rotatable bonds is 2. The maximum atomic E-state index is 12.6. The van der Waals surface area contributed by atoms with Gasteiger partial charge < -0.3 is 4.90 Å². The van der Waals surface area contributed by atoms with Crippen LogP contribution in [0.25, 0.3) is 0 Å². The first-order chi connectivity index (χ1) is 10.1. The molecule has 0 saturated carbocycles. The molecule has 108 valence electrons. The van der Waals surface area contributed by atoms with Gasteiger partial charge in [-0.25, -0.2) is 0 Å². The summed E-state index contributed by atoms with van der Waals surface area (Å²) in [6.07, 6.45) is 1.48. The molecule has 0 unspecified atom stereocenters. The summed E-state index contributed by atoms with van der Waals surface area (Å²) in [5, 5.41) is 0. The van der Waals surface area contributed by atoms with Crippen molar-refractivity contribution in [3.8, 4) is 0 Å². The molecule has 0 saturated heterocycles. The first kappa shape index (κ1) is 13.9. The van der Waals surface area contributed by atoms with Gasteiger partial charge >= 0.3 is 0 Å². The number of hydrogen-bond donors (Lipinski definition) is 0. The highest BCUT2D eigenvalue weighted by molar-refractivity contribution is 5.79. The van der Waals surface area contributed by atoms with Crippen LogP contribution in [-0.2, 0) is 24.2 Å². The molecule has 0 spiro atoms. The van der Waals surface area contributed by atoms with E-state index in [0.717, 1.165) is 25.1 Å². The van der Waals surface area contributed by atoms with E-state index in [1.165, 1.54) is 22.3 Å². The Hall–Kier alpha value is -2.09. The van der Waals surface area contributed by atoms with E-state index in [9.17, 15) is 4.79 Å². The van der Waals surface area contributed by atoms with Crippen LogP contribution < -0.4 is 0 Å². The van der Waals surface area contributed by atoms with E-state index in [-0.39, 0.29) is 5.91 Å². The summed E-state index contributed by atoms with van der Waals surface area (Å²) in [7, 11) is 0. The van der Waals surface area contributed by atoms with Gasteiger partial charge in [0.1, 0.15) is 0 Å². The van der Waals surface area contributed by atoms with Crippen LogP contribution in [0.3, 0.4) is 0 Å². The third-order valence-corrected chi connectivity index (χ3v) is 4.33. The zero-order valence-corrected chi connectivity index (χ0v) is 12.7. The zero-order valence-electron chi connectivity index (χ0n) is 12.7. The number of carbonyl (C=O) groups is 1. The van der Waals surface area contributed by atoms with Gasteiger partial charge in [-0.2, -0.15) is 0 Å². The average Bonchev–Trinajstić information content (AvgIpc) is 2.50. The molecule has 0 aliphatic carbocycles. The lowest BCUT2D eigenvalue weighted by Crippen LogP contribution is -2.37. The van der Waals surface area contributed by atoms with Crippen LogP contribution in [0.5, 0.6) is 0 Å². The highest BCUT2D eigenvalue weighted by Crippen LogP contribution is 2.20. The molecule has 2 aromatic rings. The topological polar surface area (TPSA) is 20.3 Å². The van der Waals surface area contributed by atoms with Crippen molar-refractivity contribution in [2.75, 3.05) is 6.54 Å². The Labute approximate surface area is 126 Å². The third kappa shape index (κ3) is 2.99. The summed E-state index contributed by atoms with van der Waals surface area (Å²) in [5.41, 5.74) is 6.24. The largest absolute Gasteiger partial charge is 0.338 e. The van der Waals surface area contributed by atoms with E-state index in [1.54, 1.807) is 0 Å². The van der Waals surface area contributed by atoms with E-state index in [0.29, 0.717) is 6.42 Å². The summed E-state index contributed by atoms with van der Waals surface area (Å²) >= 11 is 0. The molecular weight excluding hydrogens is 258 g/mol. The second-order valence-corrected chi connectivity index (χ2v) is 5.94. The summed E-state index contributed by atoms with van der Waals surface area (Å²) < 4.78 is 0.